The summed E-state index contributed by atoms with van der Waals surface area (Å²) >= 11 is 1.74. The maximum Gasteiger partial charge on any atom is 0.149 e. The Bertz CT molecular complexity index is 531. The van der Waals surface area contributed by atoms with Crippen molar-refractivity contribution < 1.29 is 4.39 Å². The molecule has 1 nitrogen and oxygen atoms in total. The van der Waals surface area contributed by atoms with Crippen molar-refractivity contribution in [3.8, 4) is 0 Å². The largest absolute Gasteiger partial charge is 0.375 e. The van der Waals surface area contributed by atoms with Gasteiger partial charge in [0.05, 0.1) is 11.7 Å². The fraction of sp³-hybridized carbons (Fsp3) is 0.333. The number of hydrogen-bond donors (Lipinski definition) is 1. The highest BCUT2D eigenvalue weighted by atomic mass is 32.1. The summed E-state index contributed by atoms with van der Waals surface area (Å²) in [7, 11) is 0. The third kappa shape index (κ3) is 2.27. The number of rotatable bonds is 4. The topological polar surface area (TPSA) is 12.0 Å². The van der Waals surface area contributed by atoms with Crippen molar-refractivity contribution in [1.29, 1.82) is 0 Å². The standard InChI is InChI=1S/C15H16FNS/c1-10-4-2-5-12(14(10)16)17-15(11-7-8-11)13-6-3-9-18-13/h2-6,9,11,15,17H,7-8H2,1H3. The van der Waals surface area contributed by atoms with Gasteiger partial charge >= 0.3 is 0 Å². The van der Waals surface area contributed by atoms with Gasteiger partial charge in [-0.2, -0.15) is 0 Å². The molecule has 1 heterocycles. The van der Waals surface area contributed by atoms with Crippen LogP contribution in [0.15, 0.2) is 35.7 Å². The lowest BCUT2D eigenvalue weighted by Crippen LogP contribution is -2.12. The molecule has 0 radical (unpaired) electrons. The van der Waals surface area contributed by atoms with Gasteiger partial charge in [-0.3, -0.25) is 0 Å². The van der Waals surface area contributed by atoms with Crippen LogP contribution in [-0.2, 0) is 0 Å². The Labute approximate surface area is 111 Å². The van der Waals surface area contributed by atoms with Gasteiger partial charge in [0.15, 0.2) is 0 Å². The summed E-state index contributed by atoms with van der Waals surface area (Å²) in [5.74, 6) is 0.531. The second-order valence-corrected chi connectivity index (χ2v) is 5.89. The molecule has 0 amide bonds. The van der Waals surface area contributed by atoms with Crippen LogP contribution in [0.25, 0.3) is 0 Å². The van der Waals surface area contributed by atoms with Gasteiger partial charge in [-0.1, -0.05) is 18.2 Å². The van der Waals surface area contributed by atoms with Gasteiger partial charge in [-0.15, -0.1) is 11.3 Å². The molecule has 1 fully saturated rings. The number of hydrogen-bond acceptors (Lipinski definition) is 2. The quantitative estimate of drug-likeness (QED) is 0.836. The minimum absolute atomic E-state index is 0.125. The number of halogens is 1. The maximum atomic E-state index is 14.0. The van der Waals surface area contributed by atoms with E-state index in [0.717, 1.165) is 0 Å². The first-order valence-corrected chi connectivity index (χ1v) is 7.19. The monoisotopic (exact) mass is 261 g/mol. The Hall–Kier alpha value is -1.35. The van der Waals surface area contributed by atoms with Crippen LogP contribution in [0.1, 0.15) is 29.3 Å². The highest BCUT2D eigenvalue weighted by molar-refractivity contribution is 7.10. The molecule has 1 aliphatic rings. The molecule has 1 atom stereocenters. The van der Waals surface area contributed by atoms with Crippen LogP contribution in [0.5, 0.6) is 0 Å². The van der Waals surface area contributed by atoms with E-state index in [0.29, 0.717) is 17.2 Å². The smallest absolute Gasteiger partial charge is 0.149 e. The second-order valence-electron chi connectivity index (χ2n) is 4.91. The van der Waals surface area contributed by atoms with Crippen molar-refractivity contribution in [2.45, 2.75) is 25.8 Å². The first kappa shape index (κ1) is 11.7. The number of benzene rings is 1. The lowest BCUT2D eigenvalue weighted by molar-refractivity contribution is 0.610. The van der Waals surface area contributed by atoms with Crippen LogP contribution in [0.3, 0.4) is 0 Å². The molecule has 1 aliphatic carbocycles. The normalized spacial score (nSPS) is 16.6. The molecule has 1 saturated carbocycles. The molecule has 0 aliphatic heterocycles. The second kappa shape index (κ2) is 4.73. The predicted molar refractivity (Wildman–Crippen MR) is 74.5 cm³/mol. The van der Waals surface area contributed by atoms with Gasteiger partial charge in [0.2, 0.25) is 0 Å². The van der Waals surface area contributed by atoms with E-state index in [-0.39, 0.29) is 11.9 Å². The van der Waals surface area contributed by atoms with Crippen molar-refractivity contribution in [3.63, 3.8) is 0 Å². The molecule has 1 unspecified atom stereocenters. The number of anilines is 1. The van der Waals surface area contributed by atoms with Crippen LogP contribution < -0.4 is 5.32 Å². The minimum atomic E-state index is -0.125. The van der Waals surface area contributed by atoms with Gasteiger partial charge < -0.3 is 5.32 Å². The van der Waals surface area contributed by atoms with E-state index in [1.807, 2.05) is 12.1 Å². The Balaban J connectivity index is 1.87. The fourth-order valence-electron chi connectivity index (χ4n) is 2.25. The number of aryl methyl sites for hydroxylation is 1. The first-order valence-electron chi connectivity index (χ1n) is 6.31. The third-order valence-electron chi connectivity index (χ3n) is 3.45. The molecule has 3 heteroatoms. The Morgan fingerprint density at radius 2 is 2.11 bits per heavy atom. The van der Waals surface area contributed by atoms with Crippen LogP contribution in [-0.4, -0.2) is 0 Å². The summed E-state index contributed by atoms with van der Waals surface area (Å²) in [6, 6.07) is 9.99. The van der Waals surface area contributed by atoms with E-state index in [9.17, 15) is 4.39 Å². The summed E-state index contributed by atoms with van der Waals surface area (Å²) in [5, 5.41) is 5.47. The molecule has 0 spiro atoms. The van der Waals surface area contributed by atoms with E-state index in [1.54, 1.807) is 24.3 Å². The van der Waals surface area contributed by atoms with Crippen molar-refractivity contribution in [2.24, 2.45) is 5.92 Å². The van der Waals surface area contributed by atoms with Crippen molar-refractivity contribution in [1.82, 2.24) is 0 Å². The zero-order chi connectivity index (χ0) is 12.5. The molecule has 1 N–H and O–H groups in total. The zero-order valence-corrected chi connectivity index (χ0v) is 11.1. The van der Waals surface area contributed by atoms with Crippen LogP contribution in [0, 0.1) is 18.7 Å². The third-order valence-corrected chi connectivity index (χ3v) is 4.40. The molecule has 94 valence electrons. The van der Waals surface area contributed by atoms with Gasteiger partial charge in [0.25, 0.3) is 0 Å². The highest BCUT2D eigenvalue weighted by Crippen LogP contribution is 2.44. The molecule has 1 aromatic carbocycles. The molecule has 1 aromatic heterocycles. The SMILES string of the molecule is Cc1cccc(NC(c2cccs2)C2CC2)c1F. The van der Waals surface area contributed by atoms with Gasteiger partial charge in [0.1, 0.15) is 5.82 Å². The predicted octanol–water partition coefficient (Wildman–Crippen LogP) is 4.76. The van der Waals surface area contributed by atoms with E-state index in [4.69, 9.17) is 0 Å². The number of nitrogens with one attached hydrogen (secondary N) is 1. The van der Waals surface area contributed by atoms with E-state index < -0.39 is 0 Å². The molecule has 18 heavy (non-hydrogen) atoms. The van der Waals surface area contributed by atoms with Gasteiger partial charge in [-0.25, -0.2) is 4.39 Å². The Kier molecular flexibility index (Phi) is 3.08. The van der Waals surface area contributed by atoms with Crippen molar-refractivity contribution >= 4 is 17.0 Å². The minimum Gasteiger partial charge on any atom is -0.375 e. The Morgan fingerprint density at radius 1 is 1.28 bits per heavy atom. The lowest BCUT2D eigenvalue weighted by Gasteiger charge is -2.19. The highest BCUT2D eigenvalue weighted by Gasteiger charge is 2.33. The molecule has 2 aromatic rings. The average Bonchev–Trinajstić information content (AvgIpc) is 3.06. The molecular weight excluding hydrogens is 245 g/mol. The maximum absolute atomic E-state index is 14.0. The summed E-state index contributed by atoms with van der Waals surface area (Å²) < 4.78 is 14.0. The van der Waals surface area contributed by atoms with Gasteiger partial charge in [-0.05, 0) is 48.8 Å². The molecule has 0 bridgehead atoms. The van der Waals surface area contributed by atoms with Crippen LogP contribution >= 0.6 is 11.3 Å². The lowest BCUT2D eigenvalue weighted by atomic mass is 10.1. The van der Waals surface area contributed by atoms with E-state index in [2.05, 4.69) is 22.8 Å². The van der Waals surface area contributed by atoms with Crippen LogP contribution in [0.4, 0.5) is 10.1 Å². The fourth-order valence-corrected chi connectivity index (χ4v) is 3.11. The molecular formula is C15H16FNS. The molecule has 0 saturated heterocycles. The summed E-state index contributed by atoms with van der Waals surface area (Å²) in [4.78, 5) is 1.30. The van der Waals surface area contributed by atoms with Crippen molar-refractivity contribution in [3.05, 3.63) is 52.0 Å². The number of thiophene rings is 1. The zero-order valence-electron chi connectivity index (χ0n) is 10.3. The van der Waals surface area contributed by atoms with E-state index >= 15 is 0 Å². The van der Waals surface area contributed by atoms with Gasteiger partial charge in [0, 0.05) is 4.88 Å². The van der Waals surface area contributed by atoms with Crippen LogP contribution in [0.2, 0.25) is 0 Å². The Morgan fingerprint density at radius 3 is 2.78 bits per heavy atom. The summed E-state index contributed by atoms with van der Waals surface area (Å²) in [6.45, 7) is 1.80. The first-order chi connectivity index (χ1) is 8.75. The molecule has 3 rings (SSSR count). The summed E-state index contributed by atoms with van der Waals surface area (Å²) in [5.41, 5.74) is 1.32. The van der Waals surface area contributed by atoms with Crippen molar-refractivity contribution in [2.75, 3.05) is 5.32 Å². The summed E-state index contributed by atoms with van der Waals surface area (Å²) in [6.07, 6.45) is 2.48. The van der Waals surface area contributed by atoms with E-state index in [1.165, 1.54) is 17.7 Å². The average molecular weight is 261 g/mol.